The molecule has 6 aromatic carbocycles. The number of phenolic OH excluding ortho intramolecular Hbond substituents is 2. The molecule has 568 valence electrons. The molecule has 0 atom stereocenters. The Morgan fingerprint density at radius 3 is 1.09 bits per heavy atom. The van der Waals surface area contributed by atoms with E-state index >= 15 is 0 Å². The summed E-state index contributed by atoms with van der Waals surface area (Å²) in [4.78, 5) is 18.3. The molecule has 0 saturated carbocycles. The molecular weight excluding hydrogens is 1390 g/mol. The smallest absolute Gasteiger partial charge is 0.134 e. The van der Waals surface area contributed by atoms with Crippen LogP contribution in [0.1, 0.15) is 248 Å². The second-order valence-electron chi connectivity index (χ2n) is 35.1. The zero-order valence-electron chi connectivity index (χ0n) is 66.5. The van der Waals surface area contributed by atoms with Crippen LogP contribution in [-0.2, 0) is 120 Å². The molecule has 108 heavy (non-hydrogen) atoms. The Kier molecular flexibility index (Phi) is 24.5. The minimum absolute atomic E-state index is 0.0797. The van der Waals surface area contributed by atoms with Crippen LogP contribution in [0.5, 0.6) is 23.0 Å². The van der Waals surface area contributed by atoms with Gasteiger partial charge in [0.15, 0.2) is 0 Å². The Hall–Kier alpha value is -9.06. The standard InChI is InChI=1S/C90H108Cl2N10O6/c1-85(2,3)69-33-57-31-59-35-71(87(7,8)9)36-60(83(59)107-55-77-49-101(99-97-77)47-63-39-72(88(10,11)12)37-61(81(63)103)45-93-29-25-75-23-19-21-27-95-75)32-58-34-70(86(4,5)6)42-66(80(58)92)52-106-54-68-44-74(90(16,17)18)43-67(53-105-51-65(41-69)79(57)91)84(68)108-56-78-50-102(100-98-78)48-64-40-73(89(13,14)15)38-62(82(64)104)46-94-30-26-76-24-20-22-28-96-76/h19-24,27-28,33-46,49-50,103-104H,25-26,29-32,47-48,51-56H2,1-18H3. The number of aliphatic imine (C=N–C) groups is 2. The summed E-state index contributed by atoms with van der Waals surface area (Å²) in [6.45, 7) is 42.1. The summed E-state index contributed by atoms with van der Waals surface area (Å²) in [5.41, 5.74) is 18.0. The number of rotatable bonds is 18. The quantitative estimate of drug-likeness (QED) is 0.0775. The van der Waals surface area contributed by atoms with Crippen molar-refractivity contribution in [3.8, 4) is 23.0 Å². The van der Waals surface area contributed by atoms with Gasteiger partial charge in [0.2, 0.25) is 0 Å². The Morgan fingerprint density at radius 1 is 0.417 bits per heavy atom. The monoisotopic (exact) mass is 1490 g/mol. The van der Waals surface area contributed by atoms with Crippen molar-refractivity contribution < 1.29 is 29.2 Å². The van der Waals surface area contributed by atoms with Gasteiger partial charge >= 0.3 is 0 Å². The molecule has 1 aliphatic rings. The molecule has 10 aromatic rings. The average molecular weight is 1500 g/mol. The van der Waals surface area contributed by atoms with E-state index in [2.05, 4.69) is 199 Å². The number of benzene rings is 6. The van der Waals surface area contributed by atoms with E-state index in [-0.39, 0.29) is 96.7 Å². The third-order valence-electron chi connectivity index (χ3n) is 19.8. The SMILES string of the molecule is CC(C)(C)c1cc(C=NCCc2ccccn2)c(O)c(Cn2cc(COc3c4cc(C(C)(C)C)cc3COCc3cc(C(C)(C)C)cc(c3Cl)Cc3cc(C(C)(C)C)cc(c3OCc3cn(Cc5cc(C(C)(C)C)cc(C=NCCc6ccccn6)c5O)nn3)Cc3cc(C(C)(C)C)cc(c3Cl)COC4)nn2)c1. The number of aromatic hydroxyl groups is 2. The molecule has 0 saturated heterocycles. The lowest BCUT2D eigenvalue weighted by Gasteiger charge is -2.27. The van der Waals surface area contributed by atoms with Crippen molar-refractivity contribution in [2.75, 3.05) is 13.1 Å². The van der Waals surface area contributed by atoms with E-state index in [1.807, 2.05) is 73.1 Å². The lowest BCUT2D eigenvalue weighted by molar-refractivity contribution is 0.0976. The predicted octanol–water partition coefficient (Wildman–Crippen LogP) is 19.7. The van der Waals surface area contributed by atoms with Crippen LogP contribution in [0.15, 0.2) is 144 Å². The summed E-state index contributed by atoms with van der Waals surface area (Å²) < 4.78 is 31.6. The van der Waals surface area contributed by atoms with Crippen molar-refractivity contribution in [3.05, 3.63) is 267 Å². The zero-order valence-corrected chi connectivity index (χ0v) is 68.0. The summed E-state index contributed by atoms with van der Waals surface area (Å²) in [7, 11) is 0. The van der Waals surface area contributed by atoms with Crippen LogP contribution in [-0.4, -0.2) is 75.7 Å². The number of hydrogen-bond donors (Lipinski definition) is 2. The first kappa shape index (κ1) is 80.0. The largest absolute Gasteiger partial charge is 0.507 e. The number of aromatic nitrogens is 8. The highest BCUT2D eigenvalue weighted by Crippen LogP contribution is 2.43. The van der Waals surface area contributed by atoms with Gasteiger partial charge in [0.25, 0.3) is 0 Å². The molecule has 4 aromatic heterocycles. The van der Waals surface area contributed by atoms with E-state index < -0.39 is 0 Å². The fourth-order valence-electron chi connectivity index (χ4n) is 13.1. The molecule has 0 fully saturated rings. The van der Waals surface area contributed by atoms with E-state index in [0.29, 0.717) is 94.0 Å². The predicted molar refractivity (Wildman–Crippen MR) is 435 cm³/mol. The Morgan fingerprint density at radius 2 is 0.741 bits per heavy atom. The minimum atomic E-state index is -0.275. The van der Waals surface area contributed by atoms with Gasteiger partial charge in [-0.15, -0.1) is 10.2 Å². The molecule has 1 aliphatic heterocycles. The second-order valence-corrected chi connectivity index (χ2v) is 35.8. The highest BCUT2D eigenvalue weighted by atomic mass is 35.5. The number of fused-ring (bicyclic) bond motifs is 8. The van der Waals surface area contributed by atoms with Crippen molar-refractivity contribution in [1.82, 2.24) is 40.0 Å². The molecule has 0 spiro atoms. The van der Waals surface area contributed by atoms with Gasteiger partial charge in [-0.05, 0) is 160 Å². The van der Waals surface area contributed by atoms with Gasteiger partial charge < -0.3 is 29.2 Å². The van der Waals surface area contributed by atoms with Gasteiger partial charge in [-0.1, -0.05) is 207 Å². The first-order valence-corrected chi connectivity index (χ1v) is 38.3. The number of hydrogen-bond acceptors (Lipinski definition) is 14. The van der Waals surface area contributed by atoms with E-state index in [4.69, 9.17) is 57.2 Å². The van der Waals surface area contributed by atoms with Gasteiger partial charge in [-0.2, -0.15) is 0 Å². The molecular formula is C90H108Cl2N10O6. The summed E-state index contributed by atoms with van der Waals surface area (Å²) in [5.74, 6) is 1.61. The maximum atomic E-state index is 11.9. The molecule has 5 heterocycles. The number of halogens is 2. The van der Waals surface area contributed by atoms with Crippen molar-refractivity contribution >= 4 is 35.6 Å². The average Bonchev–Trinajstić information content (AvgIpc) is 0.824. The van der Waals surface area contributed by atoms with E-state index in [0.717, 1.165) is 89.3 Å². The Balaban J connectivity index is 0.935. The van der Waals surface area contributed by atoms with Gasteiger partial charge in [-0.25, -0.2) is 9.36 Å². The van der Waals surface area contributed by atoms with Crippen molar-refractivity contribution in [3.63, 3.8) is 0 Å². The lowest BCUT2D eigenvalue weighted by atomic mass is 9.81. The van der Waals surface area contributed by atoms with Gasteiger partial charge in [0, 0.05) is 118 Å². The number of phenols is 2. The van der Waals surface area contributed by atoms with Crippen LogP contribution < -0.4 is 9.47 Å². The molecule has 0 aliphatic carbocycles. The topological polar surface area (TPSA) is 189 Å². The summed E-state index contributed by atoms with van der Waals surface area (Å²) in [5, 5.41) is 43.4. The first-order chi connectivity index (χ1) is 50.9. The van der Waals surface area contributed by atoms with Crippen LogP contribution in [0.3, 0.4) is 0 Å². The number of pyridine rings is 2. The maximum absolute atomic E-state index is 11.9. The Bertz CT molecular complexity index is 4760. The van der Waals surface area contributed by atoms with E-state index in [1.165, 1.54) is 0 Å². The van der Waals surface area contributed by atoms with Crippen LogP contribution >= 0.6 is 23.2 Å². The normalized spacial score (nSPS) is 13.7. The molecule has 8 bridgehead atoms. The van der Waals surface area contributed by atoms with Gasteiger partial charge in [0.1, 0.15) is 47.6 Å². The van der Waals surface area contributed by atoms with E-state index in [9.17, 15) is 10.2 Å². The van der Waals surface area contributed by atoms with Crippen molar-refractivity contribution in [2.24, 2.45) is 9.98 Å². The fourth-order valence-corrected chi connectivity index (χ4v) is 13.6. The fraction of sp³-hybridized carbons (Fsp3) is 0.422. The van der Waals surface area contributed by atoms with Crippen LogP contribution in [0.25, 0.3) is 0 Å². The summed E-state index contributed by atoms with van der Waals surface area (Å²) in [6, 6.07) is 37.6. The molecule has 0 radical (unpaired) electrons. The third-order valence-corrected chi connectivity index (χ3v) is 20.8. The molecule has 2 N–H and O–H groups in total. The van der Waals surface area contributed by atoms with Crippen LogP contribution in [0.4, 0.5) is 0 Å². The summed E-state index contributed by atoms with van der Waals surface area (Å²) >= 11 is 15.7. The first-order valence-electron chi connectivity index (χ1n) is 37.6. The Labute approximate surface area is 649 Å². The summed E-state index contributed by atoms with van der Waals surface area (Å²) in [6.07, 6.45) is 13.1. The number of ether oxygens (including phenoxy) is 4. The second kappa shape index (κ2) is 33.0. The minimum Gasteiger partial charge on any atom is -0.507 e. The molecule has 16 nitrogen and oxygen atoms in total. The van der Waals surface area contributed by atoms with Crippen LogP contribution in [0, 0.1) is 0 Å². The van der Waals surface area contributed by atoms with Gasteiger partial charge in [-0.3, -0.25) is 20.0 Å². The van der Waals surface area contributed by atoms with Crippen molar-refractivity contribution in [1.29, 1.82) is 0 Å². The van der Waals surface area contributed by atoms with Gasteiger partial charge in [0.05, 0.1) is 51.9 Å². The van der Waals surface area contributed by atoms with Crippen LogP contribution in [0.2, 0.25) is 10.0 Å². The highest BCUT2D eigenvalue weighted by molar-refractivity contribution is 6.32. The van der Waals surface area contributed by atoms with E-state index in [1.54, 1.807) is 34.2 Å². The molecule has 0 amide bonds. The lowest BCUT2D eigenvalue weighted by Crippen LogP contribution is -2.16. The third kappa shape index (κ3) is 20.4. The molecule has 11 rings (SSSR count). The number of nitrogens with zero attached hydrogens (tertiary/aromatic N) is 10. The zero-order chi connectivity index (χ0) is 77.7. The molecule has 18 heteroatoms. The highest BCUT2D eigenvalue weighted by Gasteiger charge is 2.29. The van der Waals surface area contributed by atoms with Crippen molar-refractivity contribution in [2.45, 2.75) is 236 Å². The molecule has 0 unspecified atom stereocenters. The maximum Gasteiger partial charge on any atom is 0.134 e.